The van der Waals surface area contributed by atoms with E-state index in [4.69, 9.17) is 0 Å². The summed E-state index contributed by atoms with van der Waals surface area (Å²) in [7, 11) is 0. The first-order valence-corrected chi connectivity index (χ1v) is 8.17. The van der Waals surface area contributed by atoms with Gasteiger partial charge in [-0.1, -0.05) is 30.3 Å². The van der Waals surface area contributed by atoms with E-state index in [9.17, 15) is 4.79 Å². The van der Waals surface area contributed by atoms with Gasteiger partial charge in [0.05, 0.1) is 0 Å². The zero-order valence-corrected chi connectivity index (χ0v) is 13.8. The van der Waals surface area contributed by atoms with Gasteiger partial charge in [-0.15, -0.1) is 5.10 Å². The van der Waals surface area contributed by atoms with Crippen LogP contribution in [0.25, 0.3) is 5.78 Å². The molecule has 0 spiro atoms. The standard InChI is InChI=1S/C18H19N5O/c1-12-10-13(2)23-18(19-12)20-16(21-23)17(24)22-9-8-15(11-22)14-6-4-3-5-7-14/h3-7,10,15H,8-9,11H2,1-2H3. The third-order valence-electron chi connectivity index (χ3n) is 4.56. The third kappa shape index (κ3) is 2.54. The van der Waals surface area contributed by atoms with Crippen LogP contribution in [0.3, 0.4) is 0 Å². The molecule has 6 nitrogen and oxygen atoms in total. The van der Waals surface area contributed by atoms with Crippen LogP contribution in [0.4, 0.5) is 0 Å². The monoisotopic (exact) mass is 321 g/mol. The molecule has 0 bridgehead atoms. The molecule has 4 rings (SSSR count). The molecule has 1 aromatic carbocycles. The first kappa shape index (κ1) is 14.8. The summed E-state index contributed by atoms with van der Waals surface area (Å²) in [5.74, 6) is 0.977. The van der Waals surface area contributed by atoms with Gasteiger partial charge < -0.3 is 4.90 Å². The van der Waals surface area contributed by atoms with Crippen molar-refractivity contribution in [2.45, 2.75) is 26.2 Å². The smallest absolute Gasteiger partial charge is 0.293 e. The van der Waals surface area contributed by atoms with E-state index in [-0.39, 0.29) is 11.7 Å². The van der Waals surface area contributed by atoms with Gasteiger partial charge in [0.15, 0.2) is 0 Å². The number of benzene rings is 1. The van der Waals surface area contributed by atoms with Gasteiger partial charge in [-0.3, -0.25) is 4.79 Å². The number of nitrogens with zero attached hydrogens (tertiary/aromatic N) is 5. The van der Waals surface area contributed by atoms with Crippen LogP contribution in [0.15, 0.2) is 36.4 Å². The van der Waals surface area contributed by atoms with Gasteiger partial charge in [0.1, 0.15) is 0 Å². The van der Waals surface area contributed by atoms with Crippen molar-refractivity contribution >= 4 is 11.7 Å². The van der Waals surface area contributed by atoms with Gasteiger partial charge in [0.2, 0.25) is 5.82 Å². The van der Waals surface area contributed by atoms with E-state index in [0.29, 0.717) is 18.2 Å². The molecule has 0 N–H and O–H groups in total. The molecule has 0 aliphatic carbocycles. The minimum atomic E-state index is -0.115. The number of carbonyl (C=O) groups excluding carboxylic acids is 1. The second-order valence-corrected chi connectivity index (χ2v) is 6.33. The Kier molecular flexibility index (Phi) is 3.52. The molecule has 0 radical (unpaired) electrons. The Morgan fingerprint density at radius 1 is 1.17 bits per heavy atom. The van der Waals surface area contributed by atoms with Crippen LogP contribution in [0.5, 0.6) is 0 Å². The molecule has 24 heavy (non-hydrogen) atoms. The van der Waals surface area contributed by atoms with E-state index >= 15 is 0 Å². The highest BCUT2D eigenvalue weighted by Gasteiger charge is 2.30. The number of aryl methyl sites for hydroxylation is 2. The summed E-state index contributed by atoms with van der Waals surface area (Å²) in [5, 5.41) is 4.35. The Labute approximate surface area is 140 Å². The molecule has 2 aromatic heterocycles. The maximum atomic E-state index is 12.7. The zero-order chi connectivity index (χ0) is 16.7. The molecule has 1 aliphatic rings. The molecule has 3 heterocycles. The number of likely N-dealkylation sites (tertiary alicyclic amines) is 1. The second-order valence-electron chi connectivity index (χ2n) is 6.33. The van der Waals surface area contributed by atoms with Crippen molar-refractivity contribution in [3.63, 3.8) is 0 Å². The van der Waals surface area contributed by atoms with E-state index in [2.05, 4.69) is 27.2 Å². The van der Waals surface area contributed by atoms with Crippen LogP contribution >= 0.6 is 0 Å². The van der Waals surface area contributed by atoms with Gasteiger partial charge in [-0.25, -0.2) is 9.50 Å². The Morgan fingerprint density at radius 2 is 1.96 bits per heavy atom. The Balaban J connectivity index is 1.57. The van der Waals surface area contributed by atoms with Crippen LogP contribution in [0.2, 0.25) is 0 Å². The number of hydrogen-bond donors (Lipinski definition) is 0. The fourth-order valence-electron chi connectivity index (χ4n) is 3.34. The minimum absolute atomic E-state index is 0.115. The molecule has 1 fully saturated rings. The molecule has 1 atom stereocenters. The maximum Gasteiger partial charge on any atom is 0.293 e. The summed E-state index contributed by atoms with van der Waals surface area (Å²) in [5.41, 5.74) is 3.08. The van der Waals surface area contributed by atoms with E-state index < -0.39 is 0 Å². The molecule has 1 unspecified atom stereocenters. The first-order chi connectivity index (χ1) is 11.6. The number of aromatic nitrogens is 4. The van der Waals surface area contributed by atoms with Gasteiger partial charge in [0, 0.05) is 30.4 Å². The number of carbonyl (C=O) groups is 1. The third-order valence-corrected chi connectivity index (χ3v) is 4.56. The van der Waals surface area contributed by atoms with E-state index in [1.807, 2.05) is 43.0 Å². The Hall–Kier alpha value is -2.76. The highest BCUT2D eigenvalue weighted by molar-refractivity contribution is 5.91. The van der Waals surface area contributed by atoms with Gasteiger partial charge >= 0.3 is 0 Å². The highest BCUT2D eigenvalue weighted by atomic mass is 16.2. The maximum absolute atomic E-state index is 12.7. The van der Waals surface area contributed by atoms with E-state index in [1.54, 1.807) is 4.52 Å². The SMILES string of the molecule is Cc1cc(C)n2nc(C(=O)N3CCC(c4ccccc4)C3)nc2n1. The van der Waals surface area contributed by atoms with Gasteiger partial charge in [0.25, 0.3) is 11.7 Å². The lowest BCUT2D eigenvalue weighted by Crippen LogP contribution is -2.29. The fourth-order valence-corrected chi connectivity index (χ4v) is 3.34. The van der Waals surface area contributed by atoms with Gasteiger partial charge in [-0.05, 0) is 31.9 Å². The van der Waals surface area contributed by atoms with Crippen LogP contribution < -0.4 is 0 Å². The lowest BCUT2D eigenvalue weighted by atomic mass is 9.99. The Bertz CT molecular complexity index is 902. The van der Waals surface area contributed by atoms with Crippen molar-refractivity contribution < 1.29 is 4.79 Å². The van der Waals surface area contributed by atoms with Crippen LogP contribution in [-0.4, -0.2) is 43.5 Å². The summed E-state index contributed by atoms with van der Waals surface area (Å²) < 4.78 is 1.63. The lowest BCUT2D eigenvalue weighted by molar-refractivity contribution is 0.0779. The van der Waals surface area contributed by atoms with Crippen molar-refractivity contribution in [1.29, 1.82) is 0 Å². The number of hydrogen-bond acceptors (Lipinski definition) is 4. The predicted molar refractivity (Wildman–Crippen MR) is 90.0 cm³/mol. The molecule has 122 valence electrons. The van der Waals surface area contributed by atoms with E-state index in [0.717, 1.165) is 24.4 Å². The molecule has 1 amide bonds. The molecular formula is C18H19N5O. The summed E-state index contributed by atoms with van der Waals surface area (Å²) >= 11 is 0. The highest BCUT2D eigenvalue weighted by Crippen LogP contribution is 2.27. The average Bonchev–Trinajstić information content (AvgIpc) is 3.22. The summed E-state index contributed by atoms with van der Waals surface area (Å²) in [6.07, 6.45) is 0.972. The second kappa shape index (κ2) is 5.70. The molecule has 6 heteroatoms. The molecule has 1 aliphatic heterocycles. The van der Waals surface area contributed by atoms with Crippen LogP contribution in [0, 0.1) is 13.8 Å². The van der Waals surface area contributed by atoms with Crippen molar-refractivity contribution in [3.8, 4) is 0 Å². The topological polar surface area (TPSA) is 63.4 Å². The Morgan fingerprint density at radius 3 is 2.75 bits per heavy atom. The van der Waals surface area contributed by atoms with Gasteiger partial charge in [-0.2, -0.15) is 4.98 Å². The first-order valence-electron chi connectivity index (χ1n) is 8.17. The predicted octanol–water partition coefficient (Wildman–Crippen LogP) is 2.37. The van der Waals surface area contributed by atoms with E-state index in [1.165, 1.54) is 5.56 Å². The normalized spacial score (nSPS) is 17.6. The molecule has 3 aromatic rings. The molecule has 0 saturated carbocycles. The zero-order valence-electron chi connectivity index (χ0n) is 13.8. The van der Waals surface area contributed by atoms with Crippen molar-refractivity contribution in [1.82, 2.24) is 24.5 Å². The minimum Gasteiger partial charge on any atom is -0.335 e. The summed E-state index contributed by atoms with van der Waals surface area (Å²) in [6, 6.07) is 12.3. The van der Waals surface area contributed by atoms with Crippen LogP contribution in [0.1, 0.15) is 39.9 Å². The van der Waals surface area contributed by atoms with Crippen molar-refractivity contribution in [3.05, 3.63) is 59.2 Å². The molecular weight excluding hydrogens is 302 g/mol. The fraction of sp³-hybridized carbons (Fsp3) is 0.333. The lowest BCUT2D eigenvalue weighted by Gasteiger charge is -2.14. The summed E-state index contributed by atoms with van der Waals surface area (Å²) in [4.78, 5) is 23.3. The van der Waals surface area contributed by atoms with Crippen LogP contribution in [-0.2, 0) is 0 Å². The largest absolute Gasteiger partial charge is 0.335 e. The average molecular weight is 321 g/mol. The number of amides is 1. The number of fused-ring (bicyclic) bond motifs is 1. The summed E-state index contributed by atoms with van der Waals surface area (Å²) in [6.45, 7) is 5.29. The molecule has 1 saturated heterocycles. The van der Waals surface area contributed by atoms with Crippen molar-refractivity contribution in [2.24, 2.45) is 0 Å². The quantitative estimate of drug-likeness (QED) is 0.727. The van der Waals surface area contributed by atoms with Crippen molar-refractivity contribution in [2.75, 3.05) is 13.1 Å². The number of rotatable bonds is 2.